The molecule has 0 spiro atoms. The van der Waals surface area contributed by atoms with Crippen molar-refractivity contribution >= 4 is 34.8 Å². The number of cyclic esters (lactones) is 1. The highest BCUT2D eigenvalue weighted by Crippen LogP contribution is 2.29. The number of ether oxygens (including phenoxy) is 2. The van der Waals surface area contributed by atoms with Crippen molar-refractivity contribution in [2.75, 3.05) is 43.1 Å². The number of piperidine rings is 1. The summed E-state index contributed by atoms with van der Waals surface area (Å²) < 4.78 is 25.1. The zero-order valence-electron chi connectivity index (χ0n) is 14.0. The maximum atomic E-state index is 14.6. The van der Waals surface area contributed by atoms with Gasteiger partial charge in [0.1, 0.15) is 11.9 Å². The molecular weight excluding hydrogens is 345 g/mol. The highest BCUT2D eigenvalue weighted by molar-refractivity contribution is 7.78. The monoisotopic (exact) mass is 365 g/mol. The van der Waals surface area contributed by atoms with Crippen molar-refractivity contribution in [3.63, 3.8) is 0 Å². The third kappa shape index (κ3) is 3.98. The summed E-state index contributed by atoms with van der Waals surface area (Å²) >= 11 is 4.51. The van der Waals surface area contributed by atoms with Gasteiger partial charge in [-0.25, -0.2) is 14.2 Å². The zero-order valence-corrected chi connectivity index (χ0v) is 14.8. The van der Waals surface area contributed by atoms with Crippen LogP contribution < -0.4 is 9.80 Å². The van der Waals surface area contributed by atoms with Gasteiger partial charge in [0.25, 0.3) is 0 Å². The minimum Gasteiger partial charge on any atom is -0.442 e. The Bertz CT molecular complexity index is 688. The number of anilines is 2. The summed E-state index contributed by atoms with van der Waals surface area (Å²) in [6.45, 7) is 2.08. The molecule has 3 rings (SSSR count). The Morgan fingerprint density at radius 1 is 1.44 bits per heavy atom. The number of aliphatic imine (C=N–C) groups is 1. The second-order valence-corrected chi connectivity index (χ2v) is 6.29. The van der Waals surface area contributed by atoms with Crippen molar-refractivity contribution in [2.24, 2.45) is 4.99 Å². The molecule has 2 aliphatic rings. The Kier molecular flexibility index (Phi) is 5.63. The first kappa shape index (κ1) is 17.8. The van der Waals surface area contributed by atoms with Crippen LogP contribution >= 0.6 is 12.2 Å². The summed E-state index contributed by atoms with van der Waals surface area (Å²) in [5.74, 6) is -0.346. The van der Waals surface area contributed by atoms with Crippen LogP contribution in [0.3, 0.4) is 0 Å². The van der Waals surface area contributed by atoms with E-state index < -0.39 is 12.2 Å². The second kappa shape index (κ2) is 7.91. The van der Waals surface area contributed by atoms with Crippen LogP contribution in [0.15, 0.2) is 23.2 Å². The number of nitrogens with zero attached hydrogens (tertiary/aromatic N) is 3. The van der Waals surface area contributed by atoms with Gasteiger partial charge in [0.15, 0.2) is 0 Å². The quantitative estimate of drug-likeness (QED) is 0.593. The highest BCUT2D eigenvalue weighted by atomic mass is 32.1. The van der Waals surface area contributed by atoms with Crippen LogP contribution in [0.4, 0.5) is 20.6 Å². The van der Waals surface area contributed by atoms with E-state index in [4.69, 9.17) is 9.47 Å². The molecule has 134 valence electrons. The molecule has 2 heterocycles. The van der Waals surface area contributed by atoms with E-state index in [1.807, 2.05) is 4.90 Å². The van der Waals surface area contributed by atoms with E-state index in [0.29, 0.717) is 17.9 Å². The van der Waals surface area contributed by atoms with Crippen molar-refractivity contribution in [1.82, 2.24) is 0 Å². The average molecular weight is 365 g/mol. The third-order valence-corrected chi connectivity index (χ3v) is 4.72. The van der Waals surface area contributed by atoms with Gasteiger partial charge in [-0.1, -0.05) is 0 Å². The van der Waals surface area contributed by atoms with E-state index >= 15 is 0 Å². The number of benzene rings is 1. The Balaban J connectivity index is 1.70. The van der Waals surface area contributed by atoms with Crippen LogP contribution in [0.1, 0.15) is 12.8 Å². The van der Waals surface area contributed by atoms with Gasteiger partial charge in [0.2, 0.25) is 0 Å². The summed E-state index contributed by atoms with van der Waals surface area (Å²) in [7, 11) is 1.70. The summed E-state index contributed by atoms with van der Waals surface area (Å²) in [5, 5.41) is 2.25. The number of rotatable bonds is 5. The second-order valence-electron chi connectivity index (χ2n) is 6.11. The molecule has 0 saturated carbocycles. The number of carbonyl (C=O) groups is 1. The van der Waals surface area contributed by atoms with Gasteiger partial charge < -0.3 is 14.4 Å². The predicted molar refractivity (Wildman–Crippen MR) is 96.2 cm³/mol. The normalized spacial score (nSPS) is 21.2. The predicted octanol–water partition coefficient (Wildman–Crippen LogP) is 2.87. The smallest absolute Gasteiger partial charge is 0.414 e. The number of thiocarbonyl (C=S) groups is 1. The molecule has 6 nitrogen and oxygen atoms in total. The molecule has 25 heavy (non-hydrogen) atoms. The lowest BCUT2D eigenvalue weighted by Gasteiger charge is -2.33. The Hall–Kier alpha value is -2.02. The topological polar surface area (TPSA) is 54.4 Å². The fourth-order valence-electron chi connectivity index (χ4n) is 3.22. The Morgan fingerprint density at radius 3 is 2.84 bits per heavy atom. The molecule has 0 aromatic heterocycles. The van der Waals surface area contributed by atoms with Gasteiger partial charge in [-0.2, -0.15) is 0 Å². The fraction of sp³-hybridized carbons (Fsp3) is 0.529. The molecule has 1 amide bonds. The molecule has 0 unspecified atom stereocenters. The Labute approximate surface area is 151 Å². The van der Waals surface area contributed by atoms with Crippen LogP contribution in [0, 0.1) is 5.82 Å². The maximum absolute atomic E-state index is 14.6. The molecule has 2 aliphatic heterocycles. The SMILES string of the molecule is COC1CCN(c2ccc(N3C[C@H](CN=C=S)OC3=O)cc2F)CC1. The molecule has 1 aromatic carbocycles. The van der Waals surface area contributed by atoms with E-state index in [9.17, 15) is 9.18 Å². The number of amides is 1. The molecular formula is C17H20FN3O3S. The molecule has 8 heteroatoms. The van der Waals surface area contributed by atoms with Crippen molar-refractivity contribution in [3.8, 4) is 0 Å². The fourth-order valence-corrected chi connectivity index (χ4v) is 3.29. The summed E-state index contributed by atoms with van der Waals surface area (Å²) in [5.41, 5.74) is 1.03. The first-order valence-corrected chi connectivity index (χ1v) is 8.62. The lowest BCUT2D eigenvalue weighted by Crippen LogP contribution is -2.37. The molecule has 2 saturated heterocycles. The molecule has 0 radical (unpaired) electrons. The molecule has 2 fully saturated rings. The largest absolute Gasteiger partial charge is 0.442 e. The van der Waals surface area contributed by atoms with Crippen molar-refractivity contribution in [1.29, 1.82) is 0 Å². The average Bonchev–Trinajstić information content (AvgIpc) is 3.00. The molecule has 1 aromatic rings. The van der Waals surface area contributed by atoms with Crippen LogP contribution in [-0.4, -0.2) is 56.8 Å². The van der Waals surface area contributed by atoms with E-state index in [1.54, 1.807) is 19.2 Å². The van der Waals surface area contributed by atoms with Crippen LogP contribution in [0.2, 0.25) is 0 Å². The number of methoxy groups -OCH3 is 1. The standard InChI is InChI=1S/C17H20FN3O3S/c1-23-13-4-6-20(7-5-13)16-3-2-12(8-15(16)18)21-10-14(9-19-11-25)24-17(21)22/h2-3,8,13-14H,4-7,9-10H2,1H3/t14-/m0/s1. The minimum atomic E-state index is -0.502. The van der Waals surface area contributed by atoms with Crippen molar-refractivity contribution < 1.29 is 18.7 Å². The lowest BCUT2D eigenvalue weighted by atomic mass is 10.1. The third-order valence-electron chi connectivity index (χ3n) is 4.59. The van der Waals surface area contributed by atoms with E-state index in [2.05, 4.69) is 22.4 Å². The van der Waals surface area contributed by atoms with E-state index in [0.717, 1.165) is 25.9 Å². The Morgan fingerprint density at radius 2 is 2.20 bits per heavy atom. The van der Waals surface area contributed by atoms with Gasteiger partial charge in [-0.15, -0.1) is 0 Å². The van der Waals surface area contributed by atoms with Crippen molar-refractivity contribution in [3.05, 3.63) is 24.0 Å². The maximum Gasteiger partial charge on any atom is 0.414 e. The summed E-state index contributed by atoms with van der Waals surface area (Å²) in [6.07, 6.45) is 1.09. The first-order valence-electron chi connectivity index (χ1n) is 8.21. The number of halogens is 1. The van der Waals surface area contributed by atoms with Crippen LogP contribution in [0.5, 0.6) is 0 Å². The number of carbonyl (C=O) groups excluding carboxylic acids is 1. The van der Waals surface area contributed by atoms with E-state index in [1.165, 1.54) is 11.0 Å². The van der Waals surface area contributed by atoms with Crippen LogP contribution in [0.25, 0.3) is 0 Å². The van der Waals surface area contributed by atoms with Gasteiger partial charge >= 0.3 is 6.09 Å². The van der Waals surface area contributed by atoms with E-state index in [-0.39, 0.29) is 18.5 Å². The summed E-state index contributed by atoms with van der Waals surface area (Å²) in [6, 6.07) is 4.84. The van der Waals surface area contributed by atoms with Gasteiger partial charge in [-0.05, 0) is 43.3 Å². The zero-order chi connectivity index (χ0) is 17.8. The van der Waals surface area contributed by atoms with Gasteiger partial charge in [0.05, 0.1) is 35.7 Å². The molecule has 0 N–H and O–H groups in total. The lowest BCUT2D eigenvalue weighted by molar-refractivity contribution is 0.0818. The first-order chi connectivity index (χ1) is 12.1. The number of hydrogen-bond donors (Lipinski definition) is 0. The molecule has 1 atom stereocenters. The highest BCUT2D eigenvalue weighted by Gasteiger charge is 2.32. The van der Waals surface area contributed by atoms with Gasteiger partial charge in [-0.3, -0.25) is 4.90 Å². The van der Waals surface area contributed by atoms with Crippen molar-refractivity contribution in [2.45, 2.75) is 25.0 Å². The minimum absolute atomic E-state index is 0.241. The summed E-state index contributed by atoms with van der Waals surface area (Å²) in [4.78, 5) is 19.2. The van der Waals surface area contributed by atoms with Gasteiger partial charge in [0, 0.05) is 20.2 Å². The molecule has 0 aliphatic carbocycles. The van der Waals surface area contributed by atoms with Crippen LogP contribution in [-0.2, 0) is 9.47 Å². The number of isothiocyanates is 1. The number of hydrogen-bond acceptors (Lipinski definition) is 6. The molecule has 0 bridgehead atoms.